The SMILES string of the molecule is CCNCc1cc(Br)cnc1Oc1ccc(Cl)cc1C. The van der Waals surface area contributed by atoms with Gasteiger partial charge in [-0.25, -0.2) is 4.98 Å². The normalized spacial score (nSPS) is 10.6. The first-order valence-corrected chi connectivity index (χ1v) is 7.56. The molecule has 2 rings (SSSR count). The molecule has 1 heterocycles. The van der Waals surface area contributed by atoms with E-state index in [9.17, 15) is 0 Å². The van der Waals surface area contributed by atoms with Gasteiger partial charge in [-0.2, -0.15) is 0 Å². The number of pyridine rings is 1. The molecule has 3 nitrogen and oxygen atoms in total. The molecule has 1 aromatic carbocycles. The van der Waals surface area contributed by atoms with Crippen LogP contribution in [0.5, 0.6) is 11.6 Å². The molecule has 2 aromatic rings. The van der Waals surface area contributed by atoms with Gasteiger partial charge < -0.3 is 10.1 Å². The first-order chi connectivity index (χ1) is 9.60. The molecule has 0 atom stereocenters. The summed E-state index contributed by atoms with van der Waals surface area (Å²) >= 11 is 9.39. The van der Waals surface area contributed by atoms with Crippen LogP contribution in [0.25, 0.3) is 0 Å². The quantitative estimate of drug-likeness (QED) is 0.843. The lowest BCUT2D eigenvalue weighted by atomic mass is 10.2. The second kappa shape index (κ2) is 7.07. The third-order valence-corrected chi connectivity index (χ3v) is 3.47. The van der Waals surface area contributed by atoms with Crippen molar-refractivity contribution in [3.63, 3.8) is 0 Å². The molecular weight excluding hydrogens is 340 g/mol. The molecule has 0 radical (unpaired) electrons. The van der Waals surface area contributed by atoms with Crippen molar-refractivity contribution in [2.45, 2.75) is 20.4 Å². The van der Waals surface area contributed by atoms with Crippen LogP contribution in [-0.2, 0) is 6.54 Å². The minimum absolute atomic E-state index is 0.611. The first-order valence-electron chi connectivity index (χ1n) is 6.39. The van der Waals surface area contributed by atoms with Crippen molar-refractivity contribution >= 4 is 27.5 Å². The van der Waals surface area contributed by atoms with Crippen LogP contribution in [0.2, 0.25) is 5.02 Å². The Kier molecular flexibility index (Phi) is 5.40. The zero-order valence-corrected chi connectivity index (χ0v) is 13.8. The van der Waals surface area contributed by atoms with Gasteiger partial charge in [0.15, 0.2) is 0 Å². The number of hydrogen-bond acceptors (Lipinski definition) is 3. The Morgan fingerprint density at radius 3 is 2.85 bits per heavy atom. The Hall–Kier alpha value is -1.10. The standard InChI is InChI=1S/C15H16BrClN2O/c1-3-18-8-11-7-12(16)9-19-15(11)20-14-5-4-13(17)6-10(14)2/h4-7,9,18H,3,8H2,1-2H3. The number of nitrogens with zero attached hydrogens (tertiary/aromatic N) is 1. The van der Waals surface area contributed by atoms with Crippen LogP contribution >= 0.6 is 27.5 Å². The van der Waals surface area contributed by atoms with Crippen LogP contribution in [0.3, 0.4) is 0 Å². The smallest absolute Gasteiger partial charge is 0.223 e. The summed E-state index contributed by atoms with van der Waals surface area (Å²) in [7, 11) is 0. The van der Waals surface area contributed by atoms with E-state index in [2.05, 4.69) is 33.2 Å². The van der Waals surface area contributed by atoms with Crippen LogP contribution in [-0.4, -0.2) is 11.5 Å². The van der Waals surface area contributed by atoms with Gasteiger partial charge >= 0.3 is 0 Å². The minimum atomic E-state index is 0.611. The van der Waals surface area contributed by atoms with Gasteiger partial charge in [-0.05, 0) is 59.2 Å². The van der Waals surface area contributed by atoms with E-state index < -0.39 is 0 Å². The molecule has 0 aliphatic carbocycles. The van der Waals surface area contributed by atoms with Crippen molar-refractivity contribution in [3.05, 3.63) is 51.1 Å². The average molecular weight is 356 g/mol. The van der Waals surface area contributed by atoms with Gasteiger partial charge in [-0.3, -0.25) is 0 Å². The number of benzene rings is 1. The van der Waals surface area contributed by atoms with Crippen LogP contribution in [0.1, 0.15) is 18.1 Å². The highest BCUT2D eigenvalue weighted by Gasteiger charge is 2.09. The van der Waals surface area contributed by atoms with E-state index in [1.54, 1.807) is 6.20 Å². The molecular formula is C15H16BrClN2O. The molecule has 106 valence electrons. The fourth-order valence-electron chi connectivity index (χ4n) is 1.78. The minimum Gasteiger partial charge on any atom is -0.438 e. The summed E-state index contributed by atoms with van der Waals surface area (Å²) in [6.07, 6.45) is 1.73. The van der Waals surface area contributed by atoms with Gasteiger partial charge in [0.25, 0.3) is 0 Å². The van der Waals surface area contributed by atoms with Gasteiger partial charge in [0, 0.05) is 27.8 Å². The van der Waals surface area contributed by atoms with Gasteiger partial charge in [-0.15, -0.1) is 0 Å². The summed E-state index contributed by atoms with van der Waals surface area (Å²) in [6, 6.07) is 7.56. The Morgan fingerprint density at radius 2 is 2.15 bits per heavy atom. The maximum atomic E-state index is 5.95. The second-order valence-corrected chi connectivity index (χ2v) is 5.76. The van der Waals surface area contributed by atoms with E-state index in [0.29, 0.717) is 17.4 Å². The van der Waals surface area contributed by atoms with Gasteiger partial charge in [0.1, 0.15) is 5.75 Å². The molecule has 0 saturated carbocycles. The summed E-state index contributed by atoms with van der Waals surface area (Å²) in [5.74, 6) is 1.38. The van der Waals surface area contributed by atoms with Crippen molar-refractivity contribution in [2.75, 3.05) is 6.54 Å². The van der Waals surface area contributed by atoms with Gasteiger partial charge in [0.2, 0.25) is 5.88 Å². The Bertz CT molecular complexity index is 604. The predicted octanol–water partition coefficient (Wildman–Crippen LogP) is 4.71. The van der Waals surface area contributed by atoms with Crippen molar-refractivity contribution in [1.82, 2.24) is 10.3 Å². The van der Waals surface area contributed by atoms with Crippen molar-refractivity contribution < 1.29 is 4.74 Å². The monoisotopic (exact) mass is 354 g/mol. The predicted molar refractivity (Wildman–Crippen MR) is 85.6 cm³/mol. The molecule has 5 heteroatoms. The number of nitrogens with one attached hydrogen (secondary N) is 1. The zero-order chi connectivity index (χ0) is 14.5. The maximum Gasteiger partial charge on any atom is 0.223 e. The lowest BCUT2D eigenvalue weighted by Crippen LogP contribution is -2.13. The van der Waals surface area contributed by atoms with E-state index in [0.717, 1.165) is 27.9 Å². The molecule has 0 aliphatic rings. The van der Waals surface area contributed by atoms with Crippen LogP contribution in [0, 0.1) is 6.92 Å². The first kappa shape index (κ1) is 15.3. The molecule has 20 heavy (non-hydrogen) atoms. The molecule has 0 aliphatic heterocycles. The molecule has 0 amide bonds. The number of aryl methyl sites for hydroxylation is 1. The summed E-state index contributed by atoms with van der Waals surface area (Å²) < 4.78 is 6.85. The summed E-state index contributed by atoms with van der Waals surface area (Å²) in [5.41, 5.74) is 1.99. The van der Waals surface area contributed by atoms with Crippen molar-refractivity contribution in [2.24, 2.45) is 0 Å². The van der Waals surface area contributed by atoms with E-state index in [4.69, 9.17) is 16.3 Å². The lowest BCUT2D eigenvalue weighted by Gasteiger charge is -2.12. The van der Waals surface area contributed by atoms with E-state index in [-0.39, 0.29) is 0 Å². The largest absolute Gasteiger partial charge is 0.438 e. The van der Waals surface area contributed by atoms with Crippen LogP contribution in [0.15, 0.2) is 34.9 Å². The summed E-state index contributed by atoms with van der Waals surface area (Å²) in [4.78, 5) is 4.35. The summed E-state index contributed by atoms with van der Waals surface area (Å²) in [5, 5.41) is 3.98. The van der Waals surface area contributed by atoms with Crippen molar-refractivity contribution in [1.29, 1.82) is 0 Å². The molecule has 1 N–H and O–H groups in total. The second-order valence-electron chi connectivity index (χ2n) is 4.41. The number of ether oxygens (including phenoxy) is 1. The third kappa shape index (κ3) is 3.95. The van der Waals surface area contributed by atoms with E-state index in [1.165, 1.54) is 0 Å². The van der Waals surface area contributed by atoms with Gasteiger partial charge in [0.05, 0.1) is 0 Å². The highest BCUT2D eigenvalue weighted by molar-refractivity contribution is 9.10. The van der Waals surface area contributed by atoms with Crippen LogP contribution in [0.4, 0.5) is 0 Å². The molecule has 0 spiro atoms. The fourth-order valence-corrected chi connectivity index (χ4v) is 2.38. The molecule has 0 fully saturated rings. The van der Waals surface area contributed by atoms with Crippen LogP contribution < -0.4 is 10.1 Å². The Morgan fingerprint density at radius 1 is 1.35 bits per heavy atom. The molecule has 1 aromatic heterocycles. The Labute approximate surface area is 132 Å². The third-order valence-electron chi connectivity index (χ3n) is 2.80. The van der Waals surface area contributed by atoms with Crippen molar-refractivity contribution in [3.8, 4) is 11.6 Å². The topological polar surface area (TPSA) is 34.2 Å². The van der Waals surface area contributed by atoms with E-state index in [1.807, 2.05) is 31.2 Å². The number of halogens is 2. The summed E-state index contributed by atoms with van der Waals surface area (Å²) in [6.45, 7) is 5.64. The highest BCUT2D eigenvalue weighted by atomic mass is 79.9. The Balaban J connectivity index is 2.27. The van der Waals surface area contributed by atoms with Gasteiger partial charge in [-0.1, -0.05) is 18.5 Å². The molecule has 0 unspecified atom stereocenters. The van der Waals surface area contributed by atoms with E-state index >= 15 is 0 Å². The lowest BCUT2D eigenvalue weighted by molar-refractivity contribution is 0.450. The number of aromatic nitrogens is 1. The fraction of sp³-hybridized carbons (Fsp3) is 0.267. The number of hydrogen-bond donors (Lipinski definition) is 1. The zero-order valence-electron chi connectivity index (χ0n) is 11.4. The highest BCUT2D eigenvalue weighted by Crippen LogP contribution is 2.29. The average Bonchev–Trinajstić information content (AvgIpc) is 2.41. The molecule has 0 bridgehead atoms. The molecule has 0 saturated heterocycles. The maximum absolute atomic E-state index is 5.95. The number of rotatable bonds is 5.